The summed E-state index contributed by atoms with van der Waals surface area (Å²) in [4.78, 5) is 10.3. The molecule has 0 saturated carbocycles. The van der Waals surface area contributed by atoms with Crippen LogP contribution in [0.4, 0.5) is 17.6 Å². The molecule has 0 aliphatic carbocycles. The maximum Gasteiger partial charge on any atom is 0.378 e. The molecule has 0 spiro atoms. The summed E-state index contributed by atoms with van der Waals surface area (Å²) in [5.74, 6) is -9.67. The van der Waals surface area contributed by atoms with Crippen molar-refractivity contribution in [3.05, 3.63) is 35.4 Å². The zero-order valence-corrected chi connectivity index (χ0v) is 8.55. The van der Waals surface area contributed by atoms with Crippen molar-refractivity contribution in [2.75, 3.05) is 0 Å². The molecule has 3 nitrogen and oxygen atoms in total. The molecule has 1 aromatic carbocycles. The van der Waals surface area contributed by atoms with Crippen LogP contribution in [0.15, 0.2) is 18.2 Å². The van der Waals surface area contributed by atoms with Gasteiger partial charge in [0.2, 0.25) is 0 Å². The molecule has 0 aliphatic rings. The van der Waals surface area contributed by atoms with Gasteiger partial charge >= 0.3 is 11.9 Å². The van der Waals surface area contributed by atoms with Crippen LogP contribution in [0, 0.1) is 11.6 Å². The van der Waals surface area contributed by atoms with Gasteiger partial charge in [0.05, 0.1) is 0 Å². The Bertz CT molecular complexity index is 457. The zero-order valence-electron chi connectivity index (χ0n) is 8.55. The van der Waals surface area contributed by atoms with E-state index in [-0.39, 0.29) is 0 Å². The number of hydrogen-bond acceptors (Lipinski definition) is 2. The van der Waals surface area contributed by atoms with Crippen LogP contribution < -0.4 is 0 Å². The van der Waals surface area contributed by atoms with Crippen molar-refractivity contribution in [2.45, 2.75) is 18.4 Å². The molecule has 0 aromatic heterocycles. The number of carboxylic acids is 1. The Labute approximate surface area is 93.3 Å². The van der Waals surface area contributed by atoms with Crippen LogP contribution >= 0.6 is 0 Å². The Kier molecular flexibility index (Phi) is 3.15. The maximum atomic E-state index is 13.2. The predicted molar refractivity (Wildman–Crippen MR) is 48.5 cm³/mol. The number of rotatable bonds is 3. The predicted octanol–water partition coefficient (Wildman–Crippen LogP) is 1.89. The smallest absolute Gasteiger partial charge is 0.378 e. The molecule has 0 amide bonds. The first kappa shape index (κ1) is 13.4. The fourth-order valence-electron chi connectivity index (χ4n) is 1.25. The van der Waals surface area contributed by atoms with E-state index in [4.69, 9.17) is 5.11 Å². The van der Waals surface area contributed by atoms with Crippen molar-refractivity contribution >= 4 is 5.97 Å². The average molecular weight is 252 g/mol. The van der Waals surface area contributed by atoms with Gasteiger partial charge in [-0.2, -0.15) is 8.78 Å². The van der Waals surface area contributed by atoms with Gasteiger partial charge in [0.1, 0.15) is 11.6 Å². The minimum absolute atomic E-state index is 0.326. The number of aliphatic hydroxyl groups is 1. The Morgan fingerprint density at radius 2 is 1.82 bits per heavy atom. The Morgan fingerprint density at radius 3 is 2.29 bits per heavy atom. The molecular weight excluding hydrogens is 244 g/mol. The van der Waals surface area contributed by atoms with Gasteiger partial charge in [-0.05, 0) is 25.1 Å². The fraction of sp³-hybridized carbons (Fsp3) is 0.300. The van der Waals surface area contributed by atoms with Gasteiger partial charge in [0, 0.05) is 5.56 Å². The Morgan fingerprint density at radius 1 is 1.29 bits per heavy atom. The zero-order chi connectivity index (χ0) is 13.4. The van der Waals surface area contributed by atoms with Gasteiger partial charge in [0.25, 0.3) is 0 Å². The highest BCUT2D eigenvalue weighted by atomic mass is 19.3. The topological polar surface area (TPSA) is 57.5 Å². The van der Waals surface area contributed by atoms with Gasteiger partial charge in [-0.3, -0.25) is 0 Å². The first-order chi connectivity index (χ1) is 7.60. The third-order valence-electron chi connectivity index (χ3n) is 2.33. The van der Waals surface area contributed by atoms with E-state index in [9.17, 15) is 27.5 Å². The number of hydrogen-bond donors (Lipinski definition) is 2. The van der Waals surface area contributed by atoms with Crippen molar-refractivity contribution in [3.63, 3.8) is 0 Å². The number of carbonyl (C=O) groups is 1. The second-order valence-electron chi connectivity index (χ2n) is 3.58. The van der Waals surface area contributed by atoms with Crippen molar-refractivity contribution in [1.82, 2.24) is 0 Å². The molecule has 17 heavy (non-hydrogen) atoms. The van der Waals surface area contributed by atoms with E-state index in [1.54, 1.807) is 0 Å². The number of halogens is 4. The van der Waals surface area contributed by atoms with Gasteiger partial charge in [0.15, 0.2) is 5.60 Å². The van der Waals surface area contributed by atoms with Gasteiger partial charge in [-0.15, -0.1) is 0 Å². The average Bonchev–Trinajstić information content (AvgIpc) is 2.21. The third kappa shape index (κ3) is 2.10. The van der Waals surface area contributed by atoms with E-state index in [1.165, 1.54) is 0 Å². The molecule has 1 unspecified atom stereocenters. The Balaban J connectivity index is 3.40. The largest absolute Gasteiger partial charge is 0.477 e. The van der Waals surface area contributed by atoms with Crippen LogP contribution in [0.2, 0.25) is 0 Å². The van der Waals surface area contributed by atoms with Crippen molar-refractivity contribution in [3.8, 4) is 0 Å². The molecule has 1 aromatic rings. The number of alkyl halides is 2. The molecule has 0 heterocycles. The van der Waals surface area contributed by atoms with E-state index < -0.39 is 34.7 Å². The number of benzene rings is 1. The van der Waals surface area contributed by atoms with Gasteiger partial charge in [-0.25, -0.2) is 13.6 Å². The number of carboxylic acid groups (broad SMARTS) is 1. The molecular formula is C10H8F4O3. The first-order valence-electron chi connectivity index (χ1n) is 4.40. The normalized spacial score (nSPS) is 15.4. The van der Waals surface area contributed by atoms with Crippen LogP contribution in [-0.4, -0.2) is 22.1 Å². The van der Waals surface area contributed by atoms with E-state index in [2.05, 4.69) is 0 Å². The van der Waals surface area contributed by atoms with E-state index in [0.717, 1.165) is 0 Å². The lowest BCUT2D eigenvalue weighted by atomic mass is 9.88. The summed E-state index contributed by atoms with van der Waals surface area (Å²) < 4.78 is 52.4. The standard InChI is InChI=1S/C10H8F4O3/c1-9(17,10(13,14)8(15)16)6-4-5(11)2-3-7(6)12/h2-4,17H,1H3,(H,15,16). The second kappa shape index (κ2) is 3.99. The third-order valence-corrected chi connectivity index (χ3v) is 2.33. The molecule has 0 saturated heterocycles. The van der Waals surface area contributed by atoms with Crippen LogP contribution in [0.3, 0.4) is 0 Å². The fourth-order valence-corrected chi connectivity index (χ4v) is 1.25. The minimum atomic E-state index is -4.65. The van der Waals surface area contributed by atoms with Gasteiger partial charge < -0.3 is 10.2 Å². The molecule has 2 N–H and O–H groups in total. The summed E-state index contributed by atoms with van der Waals surface area (Å²) in [7, 11) is 0. The van der Waals surface area contributed by atoms with Crippen molar-refractivity contribution in [2.24, 2.45) is 0 Å². The monoisotopic (exact) mass is 252 g/mol. The Hall–Kier alpha value is -1.63. The lowest BCUT2D eigenvalue weighted by Crippen LogP contribution is -2.49. The molecule has 0 fully saturated rings. The summed E-state index contributed by atoms with van der Waals surface area (Å²) in [5, 5.41) is 17.7. The molecule has 94 valence electrons. The van der Waals surface area contributed by atoms with E-state index in [0.29, 0.717) is 25.1 Å². The van der Waals surface area contributed by atoms with Crippen LogP contribution in [0.1, 0.15) is 12.5 Å². The summed E-state index contributed by atoms with van der Waals surface area (Å²) >= 11 is 0. The van der Waals surface area contributed by atoms with Crippen LogP contribution in [-0.2, 0) is 10.4 Å². The minimum Gasteiger partial charge on any atom is -0.477 e. The lowest BCUT2D eigenvalue weighted by Gasteiger charge is -2.29. The highest BCUT2D eigenvalue weighted by molar-refractivity contribution is 5.77. The second-order valence-corrected chi connectivity index (χ2v) is 3.58. The maximum absolute atomic E-state index is 13.2. The highest BCUT2D eigenvalue weighted by Gasteiger charge is 2.58. The quantitative estimate of drug-likeness (QED) is 0.808. The van der Waals surface area contributed by atoms with Gasteiger partial charge in [-0.1, -0.05) is 0 Å². The molecule has 0 radical (unpaired) electrons. The van der Waals surface area contributed by atoms with Crippen molar-refractivity contribution < 1.29 is 32.6 Å². The van der Waals surface area contributed by atoms with E-state index in [1.807, 2.05) is 0 Å². The summed E-state index contributed by atoms with van der Waals surface area (Å²) in [6.45, 7) is 0.402. The summed E-state index contributed by atoms with van der Waals surface area (Å²) in [6, 6.07) is 1.51. The highest BCUT2D eigenvalue weighted by Crippen LogP contribution is 2.38. The SMILES string of the molecule is CC(O)(c1cc(F)ccc1F)C(F)(F)C(=O)O. The lowest BCUT2D eigenvalue weighted by molar-refractivity contribution is -0.207. The number of aliphatic carboxylic acids is 1. The summed E-state index contributed by atoms with van der Waals surface area (Å²) in [6.07, 6.45) is 0. The van der Waals surface area contributed by atoms with Crippen LogP contribution in [0.25, 0.3) is 0 Å². The van der Waals surface area contributed by atoms with Crippen LogP contribution in [0.5, 0.6) is 0 Å². The summed E-state index contributed by atoms with van der Waals surface area (Å²) in [5.41, 5.74) is -4.48. The first-order valence-corrected chi connectivity index (χ1v) is 4.40. The molecule has 7 heteroatoms. The molecule has 0 aliphatic heterocycles. The molecule has 0 bridgehead atoms. The molecule has 1 rings (SSSR count). The van der Waals surface area contributed by atoms with E-state index >= 15 is 0 Å². The van der Waals surface area contributed by atoms with Crippen molar-refractivity contribution in [1.29, 1.82) is 0 Å². The molecule has 1 atom stereocenters.